The minimum absolute atomic E-state index is 0.0318. The molecule has 4 heterocycles. The summed E-state index contributed by atoms with van der Waals surface area (Å²) in [5.41, 5.74) is 1.86. The summed E-state index contributed by atoms with van der Waals surface area (Å²) < 4.78 is 18.8. The molecule has 2 aromatic carbocycles. The number of carbonyl (C=O) groups excluding carboxylic acids is 1. The lowest BCUT2D eigenvalue weighted by Gasteiger charge is -2.31. The standard InChI is InChI=1S/C24H22N4O4/c29-22(14-27-11-9-16-4-1-2-6-19(16)27)28-10-3-5-18(13-28)24-26-25-23(32-24)17-7-8-20-21(12-17)31-15-30-20/h1-2,4,6-9,11-12,18H,3,5,10,13-15H2. The van der Waals surface area contributed by atoms with E-state index in [-0.39, 0.29) is 18.6 Å². The Labute approximate surface area is 184 Å². The molecule has 0 saturated carbocycles. The van der Waals surface area contributed by atoms with Gasteiger partial charge in [0.05, 0.1) is 5.92 Å². The number of likely N-dealkylation sites (tertiary alicyclic amines) is 1. The van der Waals surface area contributed by atoms with Crippen molar-refractivity contribution in [2.24, 2.45) is 0 Å². The van der Waals surface area contributed by atoms with Gasteiger partial charge in [-0.25, -0.2) is 0 Å². The van der Waals surface area contributed by atoms with Crippen molar-refractivity contribution in [2.45, 2.75) is 25.3 Å². The molecule has 162 valence electrons. The topological polar surface area (TPSA) is 82.6 Å². The van der Waals surface area contributed by atoms with Gasteiger partial charge in [0.2, 0.25) is 24.5 Å². The van der Waals surface area contributed by atoms with Crippen LogP contribution in [0.1, 0.15) is 24.7 Å². The van der Waals surface area contributed by atoms with E-state index in [1.54, 1.807) is 0 Å². The molecule has 8 heteroatoms. The van der Waals surface area contributed by atoms with Crippen molar-refractivity contribution in [1.29, 1.82) is 0 Å². The molecule has 6 rings (SSSR count). The van der Waals surface area contributed by atoms with Gasteiger partial charge in [-0.1, -0.05) is 18.2 Å². The molecule has 2 aliphatic heterocycles. The fourth-order valence-electron chi connectivity index (χ4n) is 4.48. The van der Waals surface area contributed by atoms with E-state index in [0.717, 1.165) is 35.9 Å². The van der Waals surface area contributed by atoms with Crippen LogP contribution in [-0.4, -0.2) is 45.5 Å². The fraction of sp³-hybridized carbons (Fsp3) is 0.292. The average molecular weight is 430 g/mol. The van der Waals surface area contributed by atoms with Gasteiger partial charge in [-0.15, -0.1) is 10.2 Å². The highest BCUT2D eigenvalue weighted by molar-refractivity contribution is 5.83. The van der Waals surface area contributed by atoms with Crippen LogP contribution in [0.5, 0.6) is 11.5 Å². The highest BCUT2D eigenvalue weighted by Crippen LogP contribution is 2.36. The Morgan fingerprint density at radius 2 is 1.97 bits per heavy atom. The van der Waals surface area contributed by atoms with Crippen molar-refractivity contribution >= 4 is 16.8 Å². The zero-order valence-corrected chi connectivity index (χ0v) is 17.4. The molecule has 1 unspecified atom stereocenters. The van der Waals surface area contributed by atoms with Crippen LogP contribution in [0.4, 0.5) is 0 Å². The smallest absolute Gasteiger partial charge is 0.247 e. The monoisotopic (exact) mass is 430 g/mol. The minimum Gasteiger partial charge on any atom is -0.454 e. The van der Waals surface area contributed by atoms with E-state index >= 15 is 0 Å². The molecule has 2 aromatic heterocycles. The van der Waals surface area contributed by atoms with Crippen molar-refractivity contribution in [3.8, 4) is 23.0 Å². The highest BCUT2D eigenvalue weighted by Gasteiger charge is 2.29. The average Bonchev–Trinajstić information content (AvgIpc) is 3.58. The predicted octanol–water partition coefficient (Wildman–Crippen LogP) is 3.83. The number of carbonyl (C=O) groups is 1. The van der Waals surface area contributed by atoms with E-state index in [2.05, 4.69) is 16.3 Å². The largest absolute Gasteiger partial charge is 0.454 e. The van der Waals surface area contributed by atoms with Gasteiger partial charge in [0.25, 0.3) is 0 Å². The first-order valence-corrected chi connectivity index (χ1v) is 10.8. The molecular weight excluding hydrogens is 408 g/mol. The van der Waals surface area contributed by atoms with Gasteiger partial charge in [0, 0.05) is 30.4 Å². The van der Waals surface area contributed by atoms with Gasteiger partial charge in [-0.2, -0.15) is 0 Å². The van der Waals surface area contributed by atoms with E-state index in [1.807, 2.05) is 58.1 Å². The summed E-state index contributed by atoms with van der Waals surface area (Å²) in [6.07, 6.45) is 3.79. The molecule has 8 nitrogen and oxygen atoms in total. The van der Waals surface area contributed by atoms with Crippen LogP contribution in [-0.2, 0) is 11.3 Å². The number of benzene rings is 2. The van der Waals surface area contributed by atoms with E-state index < -0.39 is 0 Å². The number of ether oxygens (including phenoxy) is 2. The number of nitrogens with zero attached hydrogens (tertiary/aromatic N) is 4. The zero-order chi connectivity index (χ0) is 21.5. The van der Waals surface area contributed by atoms with Crippen molar-refractivity contribution in [3.05, 3.63) is 60.6 Å². The summed E-state index contributed by atoms with van der Waals surface area (Å²) in [7, 11) is 0. The van der Waals surface area contributed by atoms with Gasteiger partial charge >= 0.3 is 0 Å². The Balaban J connectivity index is 1.16. The Bertz CT molecular complexity index is 1290. The second-order valence-corrected chi connectivity index (χ2v) is 8.19. The maximum absolute atomic E-state index is 13.0. The normalized spacial score (nSPS) is 17.8. The van der Waals surface area contributed by atoms with Crippen LogP contribution in [0.25, 0.3) is 22.4 Å². The second kappa shape index (κ2) is 7.71. The lowest BCUT2D eigenvalue weighted by atomic mass is 9.98. The molecule has 1 saturated heterocycles. The predicted molar refractivity (Wildman–Crippen MR) is 116 cm³/mol. The summed E-state index contributed by atoms with van der Waals surface area (Å²) in [6, 6.07) is 15.7. The summed E-state index contributed by atoms with van der Waals surface area (Å²) in [5, 5.41) is 9.66. The Morgan fingerprint density at radius 3 is 2.94 bits per heavy atom. The molecule has 0 radical (unpaired) electrons. The van der Waals surface area contributed by atoms with Crippen LogP contribution in [0, 0.1) is 0 Å². The van der Waals surface area contributed by atoms with Crippen molar-refractivity contribution in [3.63, 3.8) is 0 Å². The Hall–Kier alpha value is -3.81. The molecule has 0 aliphatic carbocycles. The molecule has 0 N–H and O–H groups in total. The van der Waals surface area contributed by atoms with Gasteiger partial charge in [0.15, 0.2) is 11.5 Å². The van der Waals surface area contributed by atoms with Crippen molar-refractivity contribution in [1.82, 2.24) is 19.7 Å². The molecule has 0 spiro atoms. The third-order valence-electron chi connectivity index (χ3n) is 6.17. The summed E-state index contributed by atoms with van der Waals surface area (Å²) in [6.45, 7) is 1.88. The maximum Gasteiger partial charge on any atom is 0.247 e. The first kappa shape index (κ1) is 18.9. The van der Waals surface area contributed by atoms with E-state index in [4.69, 9.17) is 13.9 Å². The van der Waals surface area contributed by atoms with E-state index in [0.29, 0.717) is 36.4 Å². The van der Waals surface area contributed by atoms with Crippen molar-refractivity contribution < 1.29 is 18.7 Å². The number of hydrogen-bond acceptors (Lipinski definition) is 6. The van der Waals surface area contributed by atoms with E-state index in [1.165, 1.54) is 0 Å². The molecule has 2 aliphatic rings. The first-order chi connectivity index (χ1) is 15.7. The van der Waals surface area contributed by atoms with Crippen LogP contribution in [0.15, 0.2) is 59.1 Å². The number of fused-ring (bicyclic) bond motifs is 2. The quantitative estimate of drug-likeness (QED) is 0.489. The lowest BCUT2D eigenvalue weighted by molar-refractivity contribution is -0.133. The first-order valence-electron chi connectivity index (χ1n) is 10.8. The van der Waals surface area contributed by atoms with Gasteiger partial charge in [0.1, 0.15) is 6.54 Å². The number of para-hydroxylation sites is 1. The lowest BCUT2D eigenvalue weighted by Crippen LogP contribution is -2.40. The van der Waals surface area contributed by atoms with Crippen LogP contribution in [0.3, 0.4) is 0 Å². The molecule has 4 aromatic rings. The number of aromatic nitrogens is 3. The third kappa shape index (κ3) is 3.37. The van der Waals surface area contributed by atoms with Crippen LogP contribution in [0.2, 0.25) is 0 Å². The Kier molecular flexibility index (Phi) is 4.56. The zero-order valence-electron chi connectivity index (χ0n) is 17.4. The third-order valence-corrected chi connectivity index (χ3v) is 6.17. The fourth-order valence-corrected chi connectivity index (χ4v) is 4.48. The molecular formula is C24H22N4O4. The number of amides is 1. The summed E-state index contributed by atoms with van der Waals surface area (Å²) >= 11 is 0. The molecule has 1 amide bonds. The molecule has 1 fully saturated rings. The number of hydrogen-bond donors (Lipinski definition) is 0. The molecule has 32 heavy (non-hydrogen) atoms. The highest BCUT2D eigenvalue weighted by atomic mass is 16.7. The Morgan fingerprint density at radius 1 is 1.06 bits per heavy atom. The minimum atomic E-state index is 0.0318. The second-order valence-electron chi connectivity index (χ2n) is 8.19. The van der Waals surface area contributed by atoms with Crippen LogP contribution >= 0.6 is 0 Å². The van der Waals surface area contributed by atoms with Gasteiger partial charge < -0.3 is 23.4 Å². The summed E-state index contributed by atoms with van der Waals surface area (Å²) in [4.78, 5) is 14.9. The molecule has 1 atom stereocenters. The molecule has 0 bridgehead atoms. The van der Waals surface area contributed by atoms with Gasteiger partial charge in [-0.05, 0) is 48.6 Å². The van der Waals surface area contributed by atoms with Gasteiger partial charge in [-0.3, -0.25) is 4.79 Å². The summed E-state index contributed by atoms with van der Waals surface area (Å²) in [5.74, 6) is 2.54. The van der Waals surface area contributed by atoms with Crippen LogP contribution < -0.4 is 9.47 Å². The number of piperidine rings is 1. The SMILES string of the molecule is O=C(Cn1ccc2ccccc21)N1CCCC(c2nnc(-c3ccc4c(c3)OCO4)o2)C1. The van der Waals surface area contributed by atoms with E-state index in [9.17, 15) is 4.79 Å². The van der Waals surface area contributed by atoms with Crippen molar-refractivity contribution in [2.75, 3.05) is 19.9 Å². The number of rotatable bonds is 4. The maximum atomic E-state index is 13.0.